The maximum Gasteiger partial charge on any atom is 0.224 e. The van der Waals surface area contributed by atoms with E-state index in [1.807, 2.05) is 4.90 Å². The van der Waals surface area contributed by atoms with E-state index in [4.69, 9.17) is 9.73 Å². The second kappa shape index (κ2) is 15.2. The molecule has 2 rings (SSSR count). The van der Waals surface area contributed by atoms with Crippen molar-refractivity contribution in [2.75, 3.05) is 52.5 Å². The summed E-state index contributed by atoms with van der Waals surface area (Å²) in [5, 5.41) is 6.69. The zero-order valence-corrected chi connectivity index (χ0v) is 21.8. The summed E-state index contributed by atoms with van der Waals surface area (Å²) in [4.78, 5) is 22.0. The number of ether oxygens (including phenoxy) is 1. The molecular weight excluding hydrogens is 493 g/mol. The number of nitrogens with zero attached hydrogens (tertiary/aromatic N) is 3. The number of likely N-dealkylation sites (tertiary alicyclic amines) is 1. The molecule has 2 saturated heterocycles. The van der Waals surface area contributed by atoms with Crippen LogP contribution >= 0.6 is 24.0 Å². The highest BCUT2D eigenvalue weighted by Crippen LogP contribution is 2.17. The van der Waals surface area contributed by atoms with Crippen molar-refractivity contribution < 1.29 is 9.53 Å². The lowest BCUT2D eigenvalue weighted by molar-refractivity contribution is -0.134. The lowest BCUT2D eigenvalue weighted by Crippen LogP contribution is -2.47. The molecule has 0 radical (unpaired) electrons. The molecule has 2 unspecified atom stereocenters. The Bertz CT molecular complexity index is 512. The fourth-order valence-corrected chi connectivity index (χ4v) is 4.26. The van der Waals surface area contributed by atoms with Crippen LogP contribution in [0.2, 0.25) is 0 Å². The molecule has 0 aliphatic carbocycles. The number of morpholine rings is 1. The molecule has 0 bridgehead atoms. The standard InChI is InChI=1S/C22H43N5O2.HI/c1-5-23-22(24-10-9-21(28)27-11-7-6-8-19(27)4)25-17-20(16-18(2)3)26-12-14-29-15-13-26;/h18-20H,5-17H2,1-4H3,(H2,23,24,25);1H. The Morgan fingerprint density at radius 3 is 2.53 bits per heavy atom. The number of aliphatic imine (C=N–C) groups is 1. The zero-order chi connectivity index (χ0) is 21.1. The molecule has 0 saturated carbocycles. The van der Waals surface area contributed by atoms with Crippen LogP contribution in [0.15, 0.2) is 4.99 Å². The van der Waals surface area contributed by atoms with Gasteiger partial charge in [-0.3, -0.25) is 14.7 Å². The monoisotopic (exact) mass is 537 g/mol. The van der Waals surface area contributed by atoms with Crippen LogP contribution in [0, 0.1) is 5.92 Å². The van der Waals surface area contributed by atoms with E-state index in [2.05, 4.69) is 43.2 Å². The fraction of sp³-hybridized carbons (Fsp3) is 0.909. The first-order valence-corrected chi connectivity index (χ1v) is 11.6. The van der Waals surface area contributed by atoms with Gasteiger partial charge in [-0.1, -0.05) is 13.8 Å². The Morgan fingerprint density at radius 1 is 1.17 bits per heavy atom. The number of rotatable bonds is 9. The van der Waals surface area contributed by atoms with E-state index in [1.54, 1.807) is 0 Å². The van der Waals surface area contributed by atoms with Crippen LogP contribution < -0.4 is 10.6 Å². The molecule has 0 aromatic carbocycles. The van der Waals surface area contributed by atoms with Crippen molar-refractivity contribution >= 4 is 35.8 Å². The Morgan fingerprint density at radius 2 is 1.90 bits per heavy atom. The van der Waals surface area contributed by atoms with Crippen molar-refractivity contribution in [3.8, 4) is 0 Å². The Hall–Kier alpha value is -0.610. The molecule has 7 nitrogen and oxygen atoms in total. The number of hydrogen-bond acceptors (Lipinski definition) is 4. The number of nitrogens with one attached hydrogen (secondary N) is 2. The largest absolute Gasteiger partial charge is 0.379 e. The molecule has 2 aliphatic rings. The van der Waals surface area contributed by atoms with Gasteiger partial charge in [-0.2, -0.15) is 0 Å². The van der Waals surface area contributed by atoms with E-state index in [0.717, 1.165) is 71.2 Å². The molecule has 0 spiro atoms. The van der Waals surface area contributed by atoms with Gasteiger partial charge in [0.1, 0.15) is 0 Å². The number of amides is 1. The van der Waals surface area contributed by atoms with Crippen molar-refractivity contribution in [1.82, 2.24) is 20.4 Å². The average molecular weight is 538 g/mol. The molecular formula is C22H44IN5O2. The summed E-state index contributed by atoms with van der Waals surface area (Å²) in [6.07, 6.45) is 5.15. The van der Waals surface area contributed by atoms with Gasteiger partial charge in [0.2, 0.25) is 5.91 Å². The number of carbonyl (C=O) groups is 1. The normalized spacial score (nSPS) is 21.8. The minimum absolute atomic E-state index is 0. The number of guanidine groups is 1. The van der Waals surface area contributed by atoms with Crippen molar-refractivity contribution in [3.63, 3.8) is 0 Å². The second-order valence-corrected chi connectivity index (χ2v) is 8.76. The Kier molecular flexibility index (Phi) is 13.9. The minimum Gasteiger partial charge on any atom is -0.379 e. The van der Waals surface area contributed by atoms with Gasteiger partial charge in [-0.05, 0) is 45.4 Å². The summed E-state index contributed by atoms with van der Waals surface area (Å²) in [6.45, 7) is 15.5. The van der Waals surface area contributed by atoms with E-state index in [9.17, 15) is 4.79 Å². The van der Waals surface area contributed by atoms with E-state index < -0.39 is 0 Å². The highest BCUT2D eigenvalue weighted by Gasteiger charge is 2.23. The first-order chi connectivity index (χ1) is 14.0. The molecule has 8 heteroatoms. The molecule has 2 N–H and O–H groups in total. The minimum atomic E-state index is 0. The van der Waals surface area contributed by atoms with Crippen LogP contribution in [0.25, 0.3) is 0 Å². The third-order valence-corrected chi connectivity index (χ3v) is 5.86. The summed E-state index contributed by atoms with van der Waals surface area (Å²) >= 11 is 0. The summed E-state index contributed by atoms with van der Waals surface area (Å²) in [6, 6.07) is 0.814. The number of halogens is 1. The van der Waals surface area contributed by atoms with E-state index >= 15 is 0 Å². The predicted octanol–water partition coefficient (Wildman–Crippen LogP) is 2.70. The Labute approximate surface area is 200 Å². The van der Waals surface area contributed by atoms with Crippen LogP contribution in [0.3, 0.4) is 0 Å². The van der Waals surface area contributed by atoms with E-state index in [0.29, 0.717) is 31.0 Å². The lowest BCUT2D eigenvalue weighted by atomic mass is 10.0. The van der Waals surface area contributed by atoms with Gasteiger partial charge in [0.25, 0.3) is 0 Å². The fourth-order valence-electron chi connectivity index (χ4n) is 4.26. The molecule has 30 heavy (non-hydrogen) atoms. The van der Waals surface area contributed by atoms with Crippen LogP contribution in [0.5, 0.6) is 0 Å². The highest BCUT2D eigenvalue weighted by molar-refractivity contribution is 14.0. The average Bonchev–Trinajstić information content (AvgIpc) is 2.71. The van der Waals surface area contributed by atoms with Gasteiger partial charge in [0.15, 0.2) is 5.96 Å². The summed E-state index contributed by atoms with van der Waals surface area (Å²) < 4.78 is 5.51. The smallest absolute Gasteiger partial charge is 0.224 e. The molecule has 2 fully saturated rings. The molecule has 0 aromatic rings. The van der Waals surface area contributed by atoms with E-state index in [1.165, 1.54) is 6.42 Å². The third-order valence-electron chi connectivity index (χ3n) is 5.86. The van der Waals surface area contributed by atoms with Crippen molar-refractivity contribution in [2.45, 2.75) is 71.9 Å². The molecule has 176 valence electrons. The van der Waals surface area contributed by atoms with Gasteiger partial charge in [0.05, 0.1) is 19.8 Å². The van der Waals surface area contributed by atoms with Gasteiger partial charge in [-0.15, -0.1) is 24.0 Å². The molecule has 0 aromatic heterocycles. The number of hydrogen-bond donors (Lipinski definition) is 2. The van der Waals surface area contributed by atoms with Gasteiger partial charge < -0.3 is 20.3 Å². The van der Waals surface area contributed by atoms with Gasteiger partial charge in [0, 0.05) is 51.2 Å². The first kappa shape index (κ1) is 27.4. The Balaban J connectivity index is 0.00000450. The topological polar surface area (TPSA) is 69.2 Å². The van der Waals surface area contributed by atoms with Crippen LogP contribution in [-0.4, -0.2) is 86.2 Å². The first-order valence-electron chi connectivity index (χ1n) is 11.6. The summed E-state index contributed by atoms with van der Waals surface area (Å²) in [5.41, 5.74) is 0. The van der Waals surface area contributed by atoms with E-state index in [-0.39, 0.29) is 29.9 Å². The second-order valence-electron chi connectivity index (χ2n) is 8.76. The number of carbonyl (C=O) groups excluding carboxylic acids is 1. The number of piperidine rings is 1. The summed E-state index contributed by atoms with van der Waals surface area (Å²) in [5.74, 6) is 1.71. The highest BCUT2D eigenvalue weighted by atomic mass is 127. The van der Waals surface area contributed by atoms with Crippen molar-refractivity contribution in [1.29, 1.82) is 0 Å². The van der Waals surface area contributed by atoms with Crippen molar-refractivity contribution in [2.24, 2.45) is 10.9 Å². The van der Waals surface area contributed by atoms with Gasteiger partial charge >= 0.3 is 0 Å². The third kappa shape index (κ3) is 9.68. The lowest BCUT2D eigenvalue weighted by Gasteiger charge is -2.34. The van der Waals surface area contributed by atoms with Crippen LogP contribution in [0.1, 0.15) is 59.8 Å². The molecule has 2 atom stereocenters. The van der Waals surface area contributed by atoms with Crippen LogP contribution in [0.4, 0.5) is 0 Å². The maximum absolute atomic E-state index is 12.5. The quantitative estimate of drug-likeness (QED) is 0.269. The maximum atomic E-state index is 12.5. The zero-order valence-electron chi connectivity index (χ0n) is 19.5. The van der Waals surface area contributed by atoms with Crippen LogP contribution in [-0.2, 0) is 9.53 Å². The SMILES string of the molecule is CCNC(=NCC(CC(C)C)N1CCOCC1)NCCC(=O)N1CCCCC1C.I. The molecule has 2 aliphatic heterocycles. The molecule has 1 amide bonds. The van der Waals surface area contributed by atoms with Gasteiger partial charge in [-0.25, -0.2) is 0 Å². The summed E-state index contributed by atoms with van der Waals surface area (Å²) in [7, 11) is 0. The molecule has 2 heterocycles. The predicted molar refractivity (Wildman–Crippen MR) is 135 cm³/mol. The van der Waals surface area contributed by atoms with Crippen molar-refractivity contribution in [3.05, 3.63) is 0 Å².